The van der Waals surface area contributed by atoms with Crippen LogP contribution in [-0.4, -0.2) is 71.9 Å². The van der Waals surface area contributed by atoms with Crippen LogP contribution in [0.15, 0.2) is 36.4 Å². The Morgan fingerprint density at radius 1 is 0.722 bits per heavy atom. The molecule has 0 aliphatic rings. The normalized spacial score (nSPS) is 11.4. The van der Waals surface area contributed by atoms with Gasteiger partial charge in [0.2, 0.25) is 5.91 Å². The van der Waals surface area contributed by atoms with E-state index in [-0.39, 0.29) is 54.8 Å². The smallest absolute Gasteiger partial charge is 0.342 e. The van der Waals surface area contributed by atoms with E-state index in [1.54, 1.807) is 65.8 Å². The molecule has 0 unspecified atom stereocenters. The molecule has 0 radical (unpaired) electrons. The molecule has 54 heavy (non-hydrogen) atoms. The van der Waals surface area contributed by atoms with Gasteiger partial charge in [0.05, 0.1) is 68.6 Å². The average molecular weight is 748 g/mol. The molecule has 0 fully saturated rings. The van der Waals surface area contributed by atoms with Crippen molar-refractivity contribution in [1.82, 2.24) is 15.3 Å². The van der Waals surface area contributed by atoms with E-state index in [0.29, 0.717) is 51.2 Å². The summed E-state index contributed by atoms with van der Waals surface area (Å²) < 4.78 is 21.9. The van der Waals surface area contributed by atoms with Gasteiger partial charge in [0.1, 0.15) is 35.8 Å². The molecule has 2 aromatic carbocycles. The Hall–Kier alpha value is -5.66. The molecule has 4 aromatic rings. The number of hydrogen-bond acceptors (Lipinski definition) is 12. The topological polar surface area (TPSA) is 215 Å². The number of aryl methyl sites for hydroxylation is 2. The van der Waals surface area contributed by atoms with Crippen LogP contribution in [0.25, 0.3) is 21.8 Å². The molecule has 0 saturated carbocycles. The van der Waals surface area contributed by atoms with Gasteiger partial charge in [-0.25, -0.2) is 9.59 Å². The van der Waals surface area contributed by atoms with Crippen molar-refractivity contribution in [2.75, 3.05) is 44.4 Å². The van der Waals surface area contributed by atoms with Gasteiger partial charge in [-0.1, -0.05) is 25.5 Å². The number of esters is 2. The Bertz CT molecular complexity index is 2010. The Kier molecular flexibility index (Phi) is 14.6. The Balaban J connectivity index is 0.000000294. The minimum absolute atomic E-state index is 0.0521. The van der Waals surface area contributed by atoms with E-state index >= 15 is 0 Å². The molecule has 0 bridgehead atoms. The number of nitrogen functional groups attached to an aromatic ring is 2. The number of carboxylic acid groups (broad SMARTS) is 1. The van der Waals surface area contributed by atoms with Gasteiger partial charge >= 0.3 is 17.9 Å². The van der Waals surface area contributed by atoms with Crippen molar-refractivity contribution in [3.05, 3.63) is 58.9 Å². The van der Waals surface area contributed by atoms with Gasteiger partial charge in [0, 0.05) is 6.54 Å². The first-order chi connectivity index (χ1) is 25.4. The van der Waals surface area contributed by atoms with Crippen LogP contribution >= 0.6 is 0 Å². The maximum Gasteiger partial charge on any atom is 0.342 e. The quantitative estimate of drug-likeness (QED) is 0.0764. The number of nitrogens with zero attached hydrogens (tertiary/aromatic N) is 2. The lowest BCUT2D eigenvalue weighted by Crippen LogP contribution is -2.41. The van der Waals surface area contributed by atoms with Crippen LogP contribution in [0.4, 0.5) is 11.4 Å². The van der Waals surface area contributed by atoms with Gasteiger partial charge in [0.15, 0.2) is 0 Å². The standard InChI is InChI=1S/C22H31N3O4.C18H22N2O5/c1-6-8-12-24-21(27)22(4,5)13-29-16-11-9-10-15-18(16)19(23)17(14(3)25-15)20(26)28-7-2;1-5-24-16(21)13-10(2)20-11-7-6-8-12(14(11)15(13)19)25-9-18(3,4)17(22)23/h9-11H,6-8,12-13H2,1-5H3,(H2,23,25)(H,24,27);6-8H,5,9H2,1-4H3,(H2,19,20)(H,22,23). The van der Waals surface area contributed by atoms with Crippen molar-refractivity contribution in [2.24, 2.45) is 10.8 Å². The number of fused-ring (bicyclic) bond motifs is 2. The molecular formula is C40H53N5O9. The van der Waals surface area contributed by atoms with Crippen molar-refractivity contribution >= 4 is 57.0 Å². The first-order valence-electron chi connectivity index (χ1n) is 17.9. The van der Waals surface area contributed by atoms with Crippen molar-refractivity contribution in [3.63, 3.8) is 0 Å². The first-order valence-corrected chi connectivity index (χ1v) is 17.9. The fraction of sp³-hybridized carbons (Fsp3) is 0.450. The molecule has 0 atom stereocenters. The van der Waals surface area contributed by atoms with E-state index in [4.69, 9.17) is 30.4 Å². The maximum absolute atomic E-state index is 12.5. The van der Waals surface area contributed by atoms with Gasteiger partial charge < -0.3 is 40.8 Å². The highest BCUT2D eigenvalue weighted by molar-refractivity contribution is 6.08. The fourth-order valence-electron chi connectivity index (χ4n) is 5.30. The summed E-state index contributed by atoms with van der Waals surface area (Å²) in [6, 6.07) is 10.5. The summed E-state index contributed by atoms with van der Waals surface area (Å²) in [6.45, 7) is 16.9. The van der Waals surface area contributed by atoms with Gasteiger partial charge in [-0.05, 0) is 86.1 Å². The zero-order valence-corrected chi connectivity index (χ0v) is 32.7. The van der Waals surface area contributed by atoms with Gasteiger partial charge in [-0.3, -0.25) is 19.6 Å². The predicted octanol–water partition coefficient (Wildman–Crippen LogP) is 6.42. The number of unbranched alkanes of at least 4 members (excludes halogenated alkanes) is 1. The molecule has 6 N–H and O–H groups in total. The highest BCUT2D eigenvalue weighted by Crippen LogP contribution is 2.36. The number of rotatable bonds is 15. The number of amides is 1. The van der Waals surface area contributed by atoms with E-state index in [9.17, 15) is 24.3 Å². The van der Waals surface area contributed by atoms with Crippen LogP contribution in [0.1, 0.15) is 93.4 Å². The van der Waals surface area contributed by atoms with Crippen molar-refractivity contribution in [3.8, 4) is 11.5 Å². The molecule has 4 rings (SSSR count). The first kappa shape index (κ1) is 42.8. The summed E-state index contributed by atoms with van der Waals surface area (Å²) in [5.74, 6) is -1.24. The predicted molar refractivity (Wildman–Crippen MR) is 208 cm³/mol. The second-order valence-electron chi connectivity index (χ2n) is 14.0. The van der Waals surface area contributed by atoms with Crippen LogP contribution in [0, 0.1) is 24.7 Å². The molecule has 2 aromatic heterocycles. The van der Waals surface area contributed by atoms with Crippen LogP contribution in [0.3, 0.4) is 0 Å². The molecule has 292 valence electrons. The van der Waals surface area contributed by atoms with Crippen LogP contribution in [0.5, 0.6) is 11.5 Å². The van der Waals surface area contributed by atoms with Crippen molar-refractivity contribution < 1.29 is 43.2 Å². The number of nitrogens with two attached hydrogens (primary N) is 2. The number of benzene rings is 2. The second kappa shape index (κ2) is 18.4. The monoisotopic (exact) mass is 747 g/mol. The van der Waals surface area contributed by atoms with E-state index in [1.807, 2.05) is 26.0 Å². The summed E-state index contributed by atoms with van der Waals surface area (Å²) in [6.07, 6.45) is 1.95. The number of nitrogens with one attached hydrogen (secondary N) is 1. The molecule has 0 saturated heterocycles. The molecule has 0 spiro atoms. The lowest BCUT2D eigenvalue weighted by atomic mass is 9.93. The van der Waals surface area contributed by atoms with E-state index < -0.39 is 28.7 Å². The number of aromatic nitrogens is 2. The van der Waals surface area contributed by atoms with E-state index in [0.717, 1.165) is 12.8 Å². The number of carboxylic acids is 1. The average Bonchev–Trinajstić information content (AvgIpc) is 3.10. The molecule has 14 nitrogen and oxygen atoms in total. The minimum Gasteiger partial charge on any atom is -0.492 e. The van der Waals surface area contributed by atoms with Crippen LogP contribution in [-0.2, 0) is 19.1 Å². The van der Waals surface area contributed by atoms with Gasteiger partial charge in [-0.2, -0.15) is 0 Å². The third-order valence-corrected chi connectivity index (χ3v) is 8.53. The summed E-state index contributed by atoms with van der Waals surface area (Å²) in [5, 5.41) is 13.2. The summed E-state index contributed by atoms with van der Waals surface area (Å²) in [7, 11) is 0. The molecular weight excluding hydrogens is 694 g/mol. The second-order valence-corrected chi connectivity index (χ2v) is 14.0. The summed E-state index contributed by atoms with van der Waals surface area (Å²) in [5.41, 5.74) is 13.8. The van der Waals surface area contributed by atoms with Crippen LogP contribution < -0.4 is 26.3 Å². The van der Waals surface area contributed by atoms with Gasteiger partial charge in [0.25, 0.3) is 0 Å². The van der Waals surface area contributed by atoms with Gasteiger partial charge in [-0.15, -0.1) is 0 Å². The zero-order valence-electron chi connectivity index (χ0n) is 32.7. The van der Waals surface area contributed by atoms with Crippen molar-refractivity contribution in [1.29, 1.82) is 0 Å². The Morgan fingerprint density at radius 3 is 1.54 bits per heavy atom. The molecule has 1 amide bonds. The van der Waals surface area contributed by atoms with E-state index in [1.165, 1.54) is 0 Å². The SMILES string of the molecule is CCCCNC(=O)C(C)(C)COc1cccc2nc(C)c(C(=O)OCC)c(N)c12.CCOC(=O)c1c(C)nc2cccc(OCC(C)(C)C(=O)O)c2c1N. The largest absolute Gasteiger partial charge is 0.492 e. The number of pyridine rings is 2. The molecule has 0 aliphatic carbocycles. The number of hydrogen-bond donors (Lipinski definition) is 4. The lowest BCUT2D eigenvalue weighted by molar-refractivity contribution is -0.148. The minimum atomic E-state index is -1.07. The number of carbonyl (C=O) groups is 4. The maximum atomic E-state index is 12.5. The summed E-state index contributed by atoms with van der Waals surface area (Å²) in [4.78, 5) is 57.1. The zero-order chi connectivity index (χ0) is 40.4. The Morgan fingerprint density at radius 2 is 1.15 bits per heavy atom. The molecule has 14 heteroatoms. The Labute approximate surface area is 315 Å². The number of carbonyl (C=O) groups excluding carboxylic acids is 3. The van der Waals surface area contributed by atoms with Crippen molar-refractivity contribution in [2.45, 2.75) is 75.2 Å². The molecule has 0 aliphatic heterocycles. The van der Waals surface area contributed by atoms with Crippen LogP contribution in [0.2, 0.25) is 0 Å². The third-order valence-electron chi connectivity index (χ3n) is 8.53. The number of ether oxygens (including phenoxy) is 4. The highest BCUT2D eigenvalue weighted by atomic mass is 16.5. The lowest BCUT2D eigenvalue weighted by Gasteiger charge is -2.24. The highest BCUT2D eigenvalue weighted by Gasteiger charge is 2.30. The van der Waals surface area contributed by atoms with E-state index in [2.05, 4.69) is 22.2 Å². The number of aliphatic carboxylic acids is 1. The summed E-state index contributed by atoms with van der Waals surface area (Å²) >= 11 is 0. The third kappa shape index (κ3) is 10.1. The fourth-order valence-corrected chi connectivity index (χ4v) is 5.30. The molecule has 2 heterocycles. The number of anilines is 2.